The minimum absolute atomic E-state index is 0.102. The molecule has 2 aliphatic heterocycles. The summed E-state index contributed by atoms with van der Waals surface area (Å²) in [5.74, 6) is -0.691. The molecule has 1 aromatic carbocycles. The van der Waals surface area contributed by atoms with E-state index >= 15 is 0 Å². The van der Waals surface area contributed by atoms with Gasteiger partial charge in [-0.15, -0.1) is 0 Å². The highest BCUT2D eigenvalue weighted by Gasteiger charge is 2.36. The molecule has 0 unspecified atom stereocenters. The van der Waals surface area contributed by atoms with E-state index in [2.05, 4.69) is 5.32 Å². The molecule has 1 saturated heterocycles. The van der Waals surface area contributed by atoms with Crippen LogP contribution in [0.5, 0.6) is 0 Å². The zero-order chi connectivity index (χ0) is 21.8. The molecule has 1 aromatic rings. The summed E-state index contributed by atoms with van der Waals surface area (Å²) < 4.78 is 0. The average molecular weight is 410 g/mol. The van der Waals surface area contributed by atoms with Gasteiger partial charge in [-0.25, -0.2) is 0 Å². The number of fused-ring (bicyclic) bond motifs is 1. The number of carbonyl (C=O) groups excluding carboxylic acids is 4. The van der Waals surface area contributed by atoms with Crippen LogP contribution in [0.2, 0.25) is 0 Å². The van der Waals surface area contributed by atoms with Crippen LogP contribution < -0.4 is 5.32 Å². The maximum atomic E-state index is 12.6. The van der Waals surface area contributed by atoms with Gasteiger partial charge in [0.25, 0.3) is 17.7 Å². The summed E-state index contributed by atoms with van der Waals surface area (Å²) in [6.07, 6.45) is 1.42. The molecule has 1 fully saturated rings. The molecule has 4 amide bonds. The van der Waals surface area contributed by atoms with Crippen LogP contribution in [0.3, 0.4) is 0 Å². The van der Waals surface area contributed by atoms with Crippen molar-refractivity contribution in [2.45, 2.75) is 33.1 Å². The second-order valence-electron chi connectivity index (χ2n) is 8.24. The summed E-state index contributed by atoms with van der Waals surface area (Å²) in [6.45, 7) is 5.87. The molecule has 0 atom stereocenters. The van der Waals surface area contributed by atoms with Crippen molar-refractivity contribution < 1.29 is 19.2 Å². The van der Waals surface area contributed by atoms with Crippen molar-refractivity contribution in [3.8, 4) is 6.07 Å². The first-order valence-corrected chi connectivity index (χ1v) is 10.2. The SMILES string of the molecule is CC(C)CN1C(=O)c2ccc(C(=O)NCC3CCN(C(=O)CC#N)CC3)cc2C1=O. The maximum Gasteiger partial charge on any atom is 0.261 e. The molecule has 2 heterocycles. The van der Waals surface area contributed by atoms with Crippen molar-refractivity contribution in [1.82, 2.24) is 15.1 Å². The lowest BCUT2D eigenvalue weighted by molar-refractivity contribution is -0.131. The Bertz CT molecular complexity index is 910. The third kappa shape index (κ3) is 4.51. The summed E-state index contributed by atoms with van der Waals surface area (Å²) in [5.41, 5.74) is 0.965. The first-order chi connectivity index (χ1) is 14.3. The molecule has 30 heavy (non-hydrogen) atoms. The molecule has 0 saturated carbocycles. The number of nitrogens with zero attached hydrogens (tertiary/aromatic N) is 3. The highest BCUT2D eigenvalue weighted by molar-refractivity contribution is 6.22. The predicted molar refractivity (Wildman–Crippen MR) is 109 cm³/mol. The van der Waals surface area contributed by atoms with Gasteiger partial charge in [-0.2, -0.15) is 5.26 Å². The number of benzene rings is 1. The molecule has 0 spiro atoms. The van der Waals surface area contributed by atoms with Gasteiger partial charge < -0.3 is 10.2 Å². The third-order valence-corrected chi connectivity index (χ3v) is 5.53. The second kappa shape index (κ2) is 9.08. The number of rotatable bonds is 6. The van der Waals surface area contributed by atoms with Crippen LogP contribution in [-0.2, 0) is 4.79 Å². The Kier molecular flexibility index (Phi) is 6.50. The smallest absolute Gasteiger partial charge is 0.261 e. The van der Waals surface area contributed by atoms with Crippen LogP contribution in [0.25, 0.3) is 0 Å². The lowest BCUT2D eigenvalue weighted by atomic mass is 9.96. The Morgan fingerprint density at radius 3 is 2.47 bits per heavy atom. The van der Waals surface area contributed by atoms with Gasteiger partial charge in [0.15, 0.2) is 0 Å². The quantitative estimate of drug-likeness (QED) is 0.719. The molecule has 1 N–H and O–H groups in total. The Morgan fingerprint density at radius 2 is 1.83 bits per heavy atom. The highest BCUT2D eigenvalue weighted by Crippen LogP contribution is 2.25. The van der Waals surface area contributed by atoms with Crippen molar-refractivity contribution in [3.63, 3.8) is 0 Å². The van der Waals surface area contributed by atoms with E-state index in [0.717, 1.165) is 12.8 Å². The number of hydrogen-bond donors (Lipinski definition) is 1. The molecule has 3 rings (SSSR count). The first-order valence-electron chi connectivity index (χ1n) is 10.2. The molecule has 0 aliphatic carbocycles. The van der Waals surface area contributed by atoms with Gasteiger partial charge in [-0.05, 0) is 42.9 Å². The average Bonchev–Trinajstić information content (AvgIpc) is 2.96. The summed E-state index contributed by atoms with van der Waals surface area (Å²) in [6, 6.07) is 6.48. The fourth-order valence-corrected chi connectivity index (χ4v) is 3.87. The van der Waals surface area contributed by atoms with Crippen molar-refractivity contribution in [3.05, 3.63) is 34.9 Å². The van der Waals surface area contributed by atoms with Crippen molar-refractivity contribution in [2.24, 2.45) is 11.8 Å². The van der Waals surface area contributed by atoms with E-state index < -0.39 is 0 Å². The van der Waals surface area contributed by atoms with Crippen LogP contribution in [0, 0.1) is 23.2 Å². The van der Waals surface area contributed by atoms with Gasteiger partial charge >= 0.3 is 0 Å². The predicted octanol–water partition coefficient (Wildman–Crippen LogP) is 1.82. The summed E-state index contributed by atoms with van der Waals surface area (Å²) in [4.78, 5) is 52.3. The molecule has 8 nitrogen and oxygen atoms in total. The normalized spacial score (nSPS) is 16.6. The third-order valence-electron chi connectivity index (χ3n) is 5.53. The minimum atomic E-state index is -0.354. The summed E-state index contributed by atoms with van der Waals surface area (Å²) >= 11 is 0. The Labute approximate surface area is 175 Å². The van der Waals surface area contributed by atoms with E-state index in [9.17, 15) is 19.2 Å². The maximum absolute atomic E-state index is 12.6. The van der Waals surface area contributed by atoms with E-state index in [1.54, 1.807) is 17.0 Å². The molecule has 158 valence electrons. The number of piperidine rings is 1. The topological polar surface area (TPSA) is 111 Å². The van der Waals surface area contributed by atoms with E-state index in [0.29, 0.717) is 37.3 Å². The minimum Gasteiger partial charge on any atom is -0.352 e. The molecule has 0 bridgehead atoms. The molecule has 2 aliphatic rings. The summed E-state index contributed by atoms with van der Waals surface area (Å²) in [5, 5.41) is 11.5. The van der Waals surface area contributed by atoms with Gasteiger partial charge in [0.2, 0.25) is 5.91 Å². The zero-order valence-corrected chi connectivity index (χ0v) is 17.3. The van der Waals surface area contributed by atoms with Crippen LogP contribution >= 0.6 is 0 Å². The fraction of sp³-hybridized carbons (Fsp3) is 0.500. The summed E-state index contributed by atoms with van der Waals surface area (Å²) in [7, 11) is 0. The van der Waals surface area contributed by atoms with E-state index in [1.165, 1.54) is 11.0 Å². The fourth-order valence-electron chi connectivity index (χ4n) is 3.87. The van der Waals surface area contributed by atoms with Gasteiger partial charge in [0, 0.05) is 31.7 Å². The number of nitrogens with one attached hydrogen (secondary N) is 1. The first kappa shape index (κ1) is 21.5. The van der Waals surface area contributed by atoms with Gasteiger partial charge in [0.1, 0.15) is 6.42 Å². The largest absolute Gasteiger partial charge is 0.352 e. The van der Waals surface area contributed by atoms with Crippen LogP contribution in [0.15, 0.2) is 18.2 Å². The Morgan fingerprint density at radius 1 is 1.17 bits per heavy atom. The zero-order valence-electron chi connectivity index (χ0n) is 17.3. The van der Waals surface area contributed by atoms with Crippen molar-refractivity contribution in [2.75, 3.05) is 26.2 Å². The number of imide groups is 1. The van der Waals surface area contributed by atoms with Gasteiger partial charge in [-0.1, -0.05) is 13.8 Å². The number of likely N-dealkylation sites (tertiary alicyclic amines) is 1. The van der Waals surface area contributed by atoms with Crippen molar-refractivity contribution >= 4 is 23.6 Å². The van der Waals surface area contributed by atoms with Crippen molar-refractivity contribution in [1.29, 1.82) is 5.26 Å². The van der Waals surface area contributed by atoms with Crippen LogP contribution in [0.4, 0.5) is 0 Å². The lowest BCUT2D eigenvalue weighted by Gasteiger charge is -2.31. The van der Waals surface area contributed by atoms with Gasteiger partial charge in [0.05, 0.1) is 17.2 Å². The molecule has 0 aromatic heterocycles. The highest BCUT2D eigenvalue weighted by atomic mass is 16.2. The van der Waals surface area contributed by atoms with Crippen LogP contribution in [0.1, 0.15) is 64.2 Å². The number of nitriles is 1. The standard InChI is InChI=1S/C22H26N4O4/c1-14(2)13-26-21(29)17-4-3-16(11-18(17)22(26)30)20(28)24-12-15-6-9-25(10-7-15)19(27)5-8-23/h3-4,11,14-15H,5-7,9-10,12-13H2,1-2H3,(H,24,28). The van der Waals surface area contributed by atoms with Crippen LogP contribution in [-0.4, -0.2) is 59.6 Å². The van der Waals surface area contributed by atoms with E-state index in [1.807, 2.05) is 19.9 Å². The van der Waals surface area contributed by atoms with E-state index in [-0.39, 0.29) is 47.4 Å². The lowest BCUT2D eigenvalue weighted by Crippen LogP contribution is -2.41. The molecular formula is C22H26N4O4. The number of amides is 4. The Balaban J connectivity index is 1.56. The Hall–Kier alpha value is -3.21. The van der Waals surface area contributed by atoms with Gasteiger partial charge in [-0.3, -0.25) is 24.1 Å². The second-order valence-corrected chi connectivity index (χ2v) is 8.24. The molecule has 8 heteroatoms. The van der Waals surface area contributed by atoms with E-state index in [4.69, 9.17) is 5.26 Å². The number of carbonyl (C=O) groups is 4. The molecular weight excluding hydrogens is 384 g/mol. The molecule has 0 radical (unpaired) electrons. The number of hydrogen-bond acceptors (Lipinski definition) is 5. The monoisotopic (exact) mass is 410 g/mol.